The maximum atomic E-state index is 13.3. The highest BCUT2D eigenvalue weighted by molar-refractivity contribution is 5.98. The number of carbonyl (C=O) groups is 1. The van der Waals surface area contributed by atoms with Gasteiger partial charge in [0.2, 0.25) is 0 Å². The number of hydrogen-bond donors (Lipinski definition) is 0. The summed E-state index contributed by atoms with van der Waals surface area (Å²) in [5.41, 5.74) is -0.754. The second kappa shape index (κ2) is 5.65. The molecule has 1 aliphatic rings. The van der Waals surface area contributed by atoms with Crippen molar-refractivity contribution in [2.45, 2.75) is 25.3 Å². The van der Waals surface area contributed by atoms with Crippen LogP contribution in [0, 0.1) is 27.3 Å². The monoisotopic (exact) mass is 277 g/mol. The molecule has 0 aromatic heterocycles. The first-order chi connectivity index (χ1) is 9.54. The van der Waals surface area contributed by atoms with Crippen LogP contribution in [0.1, 0.15) is 29.6 Å². The Morgan fingerprint density at radius 2 is 2.25 bits per heavy atom. The molecule has 1 fully saturated rings. The van der Waals surface area contributed by atoms with Crippen molar-refractivity contribution in [1.29, 1.82) is 5.26 Å². The van der Waals surface area contributed by atoms with Gasteiger partial charge in [-0.3, -0.25) is 14.9 Å². The van der Waals surface area contributed by atoms with Gasteiger partial charge in [-0.15, -0.1) is 0 Å². The van der Waals surface area contributed by atoms with E-state index in [1.165, 1.54) is 4.90 Å². The van der Waals surface area contributed by atoms with E-state index in [-0.39, 0.29) is 5.56 Å². The van der Waals surface area contributed by atoms with Gasteiger partial charge in [0.1, 0.15) is 17.4 Å². The number of rotatable bonds is 2. The molecule has 7 heteroatoms. The van der Waals surface area contributed by atoms with E-state index < -0.39 is 28.4 Å². The second-order valence-corrected chi connectivity index (χ2v) is 4.56. The summed E-state index contributed by atoms with van der Waals surface area (Å²) >= 11 is 0. The Balaban J connectivity index is 2.40. The number of benzene rings is 1. The Bertz CT molecular complexity index is 597. The highest BCUT2D eigenvalue weighted by Gasteiger charge is 2.31. The number of halogens is 1. The van der Waals surface area contributed by atoms with Gasteiger partial charge in [-0.25, -0.2) is 4.39 Å². The molecular weight excluding hydrogens is 265 g/mol. The summed E-state index contributed by atoms with van der Waals surface area (Å²) in [5.74, 6) is -1.38. The lowest BCUT2D eigenvalue weighted by molar-refractivity contribution is -0.385. The molecule has 0 N–H and O–H groups in total. The summed E-state index contributed by atoms with van der Waals surface area (Å²) in [5, 5.41) is 20.0. The average Bonchev–Trinajstić information content (AvgIpc) is 2.46. The van der Waals surface area contributed by atoms with Gasteiger partial charge in [0.15, 0.2) is 0 Å². The molecule has 1 amide bonds. The van der Waals surface area contributed by atoms with Crippen molar-refractivity contribution in [2.24, 2.45) is 0 Å². The summed E-state index contributed by atoms with van der Waals surface area (Å²) in [6.45, 7) is 0.352. The van der Waals surface area contributed by atoms with Crippen molar-refractivity contribution in [3.63, 3.8) is 0 Å². The van der Waals surface area contributed by atoms with E-state index in [1.807, 2.05) is 6.07 Å². The molecule has 1 aromatic carbocycles. The van der Waals surface area contributed by atoms with Crippen LogP contribution in [0.2, 0.25) is 0 Å². The minimum atomic E-state index is -0.724. The van der Waals surface area contributed by atoms with E-state index in [9.17, 15) is 19.3 Å². The topological polar surface area (TPSA) is 87.2 Å². The third kappa shape index (κ3) is 2.59. The summed E-state index contributed by atoms with van der Waals surface area (Å²) in [6, 6.07) is 4.15. The highest BCUT2D eigenvalue weighted by atomic mass is 19.1. The minimum Gasteiger partial charge on any atom is -0.322 e. The zero-order valence-electron chi connectivity index (χ0n) is 10.6. The van der Waals surface area contributed by atoms with Crippen LogP contribution in [0.25, 0.3) is 0 Å². The van der Waals surface area contributed by atoms with E-state index in [4.69, 9.17) is 5.26 Å². The molecule has 1 heterocycles. The number of nitriles is 1. The predicted octanol–water partition coefficient (Wildman–Crippen LogP) is 2.25. The zero-order valence-corrected chi connectivity index (χ0v) is 10.6. The van der Waals surface area contributed by atoms with E-state index >= 15 is 0 Å². The first kappa shape index (κ1) is 13.9. The maximum absolute atomic E-state index is 13.3. The van der Waals surface area contributed by atoms with Crippen LogP contribution >= 0.6 is 0 Å². The number of hydrogen-bond acceptors (Lipinski definition) is 4. The number of nitro groups is 1. The lowest BCUT2D eigenvalue weighted by Crippen LogP contribution is -2.43. The molecule has 0 spiro atoms. The highest BCUT2D eigenvalue weighted by Crippen LogP contribution is 2.25. The standard InChI is InChI=1S/C13H12FN3O3/c14-9-4-5-12(17(19)20)11(7-9)13(18)16-6-2-1-3-10(16)8-15/h4-5,7,10H,1-3,6H2. The molecule has 2 rings (SSSR count). The molecule has 0 radical (unpaired) electrons. The lowest BCUT2D eigenvalue weighted by Gasteiger charge is -2.31. The first-order valence-corrected chi connectivity index (χ1v) is 6.19. The van der Waals surface area contributed by atoms with Gasteiger partial charge in [-0.2, -0.15) is 5.26 Å². The SMILES string of the molecule is N#CC1CCCCN1C(=O)c1cc(F)ccc1[N+](=O)[O-]. The number of nitro benzene ring substituents is 1. The van der Waals surface area contributed by atoms with Crippen molar-refractivity contribution < 1.29 is 14.1 Å². The summed E-state index contributed by atoms with van der Waals surface area (Å²) in [7, 11) is 0. The Kier molecular flexibility index (Phi) is 3.94. The van der Waals surface area contributed by atoms with Gasteiger partial charge in [-0.1, -0.05) is 0 Å². The van der Waals surface area contributed by atoms with Crippen LogP contribution in [0.3, 0.4) is 0 Å². The largest absolute Gasteiger partial charge is 0.322 e. The molecular formula is C13H12FN3O3. The van der Waals surface area contributed by atoms with Crippen molar-refractivity contribution in [3.05, 3.63) is 39.7 Å². The van der Waals surface area contributed by atoms with Gasteiger partial charge in [-0.05, 0) is 31.4 Å². The number of piperidine rings is 1. The quantitative estimate of drug-likeness (QED) is 0.612. The molecule has 1 atom stereocenters. The summed E-state index contributed by atoms with van der Waals surface area (Å²) < 4.78 is 13.3. The van der Waals surface area contributed by atoms with Crippen molar-refractivity contribution >= 4 is 11.6 Å². The van der Waals surface area contributed by atoms with Crippen LogP contribution in [0.5, 0.6) is 0 Å². The van der Waals surface area contributed by atoms with Gasteiger partial charge >= 0.3 is 0 Å². The molecule has 1 saturated heterocycles. The van der Waals surface area contributed by atoms with Gasteiger partial charge < -0.3 is 4.90 Å². The van der Waals surface area contributed by atoms with Gasteiger partial charge in [0.05, 0.1) is 11.0 Å². The molecule has 20 heavy (non-hydrogen) atoms. The van der Waals surface area contributed by atoms with Crippen LogP contribution in [-0.4, -0.2) is 28.3 Å². The third-order valence-corrected chi connectivity index (χ3v) is 3.30. The second-order valence-electron chi connectivity index (χ2n) is 4.56. The van der Waals surface area contributed by atoms with E-state index in [2.05, 4.69) is 0 Å². The smallest absolute Gasteiger partial charge is 0.282 e. The zero-order chi connectivity index (χ0) is 14.7. The maximum Gasteiger partial charge on any atom is 0.282 e. The van der Waals surface area contributed by atoms with Crippen molar-refractivity contribution in [3.8, 4) is 6.07 Å². The van der Waals surface area contributed by atoms with Crippen LogP contribution in [0.15, 0.2) is 18.2 Å². The van der Waals surface area contributed by atoms with E-state index in [0.29, 0.717) is 13.0 Å². The molecule has 1 aliphatic heterocycles. The number of amides is 1. The van der Waals surface area contributed by atoms with Gasteiger partial charge in [0, 0.05) is 12.6 Å². The Labute approximate surface area is 114 Å². The molecule has 6 nitrogen and oxygen atoms in total. The third-order valence-electron chi connectivity index (χ3n) is 3.30. The molecule has 1 aromatic rings. The average molecular weight is 277 g/mol. The molecule has 0 aliphatic carbocycles. The fourth-order valence-corrected chi connectivity index (χ4v) is 2.30. The number of carbonyl (C=O) groups excluding carboxylic acids is 1. The minimum absolute atomic E-state index is 0.308. The van der Waals surface area contributed by atoms with Crippen LogP contribution in [0.4, 0.5) is 10.1 Å². The number of likely N-dealkylation sites (tertiary alicyclic amines) is 1. The Hall–Kier alpha value is -2.49. The van der Waals surface area contributed by atoms with Crippen molar-refractivity contribution in [1.82, 2.24) is 4.90 Å². The van der Waals surface area contributed by atoms with Crippen molar-refractivity contribution in [2.75, 3.05) is 6.54 Å². The normalized spacial score (nSPS) is 18.4. The molecule has 0 bridgehead atoms. The first-order valence-electron chi connectivity index (χ1n) is 6.19. The molecule has 0 saturated carbocycles. The van der Waals surface area contributed by atoms with Crippen LogP contribution in [-0.2, 0) is 0 Å². The predicted molar refractivity (Wildman–Crippen MR) is 67.3 cm³/mol. The molecule has 104 valence electrons. The fraction of sp³-hybridized carbons (Fsp3) is 0.385. The fourth-order valence-electron chi connectivity index (χ4n) is 2.30. The van der Waals surface area contributed by atoms with E-state index in [0.717, 1.165) is 31.0 Å². The summed E-state index contributed by atoms with van der Waals surface area (Å²) in [6.07, 6.45) is 2.09. The molecule has 1 unspecified atom stereocenters. The number of nitrogens with zero attached hydrogens (tertiary/aromatic N) is 3. The Morgan fingerprint density at radius 1 is 1.50 bits per heavy atom. The van der Waals surface area contributed by atoms with E-state index in [1.54, 1.807) is 0 Å². The van der Waals surface area contributed by atoms with Crippen LogP contribution < -0.4 is 0 Å². The van der Waals surface area contributed by atoms with Gasteiger partial charge in [0.25, 0.3) is 11.6 Å². The lowest BCUT2D eigenvalue weighted by atomic mass is 10.0. The Morgan fingerprint density at radius 3 is 2.90 bits per heavy atom. The summed E-state index contributed by atoms with van der Waals surface area (Å²) in [4.78, 5) is 23.8.